The van der Waals surface area contributed by atoms with Gasteiger partial charge in [0.1, 0.15) is 18.2 Å². The monoisotopic (exact) mass is 690 g/mol. The third kappa shape index (κ3) is 5.52. The van der Waals surface area contributed by atoms with Gasteiger partial charge in [-0.2, -0.15) is 0 Å². The predicted molar refractivity (Wildman–Crippen MR) is 195 cm³/mol. The molecule has 2 bridgehead atoms. The Bertz CT molecular complexity index is 1920. The number of rotatable bonds is 13. The molecule has 0 aliphatic carbocycles. The van der Waals surface area contributed by atoms with E-state index in [1.807, 2.05) is 84.9 Å². The van der Waals surface area contributed by atoms with Crippen LogP contribution in [0.5, 0.6) is 0 Å². The number of aliphatic hydroxyl groups excluding tert-OH is 1. The highest BCUT2D eigenvalue weighted by Gasteiger charge is 2.78. The Balaban J connectivity index is 1.32. The number of anilines is 1. The zero-order valence-electron chi connectivity index (χ0n) is 28.2. The van der Waals surface area contributed by atoms with Crippen LogP contribution in [0.15, 0.2) is 110 Å². The van der Waals surface area contributed by atoms with Gasteiger partial charge in [-0.05, 0) is 56.0 Å². The fourth-order valence-electron chi connectivity index (χ4n) is 8.51. The first-order valence-corrected chi connectivity index (χ1v) is 17.9. The minimum absolute atomic E-state index is 0.0958. The maximum Gasteiger partial charge on any atom is 0.248 e. The fourth-order valence-corrected chi connectivity index (χ4v) is 10.8. The third-order valence-corrected chi connectivity index (χ3v) is 12.7. The van der Waals surface area contributed by atoms with Crippen LogP contribution in [-0.4, -0.2) is 88.9 Å². The zero-order chi connectivity index (χ0) is 35.0. The van der Waals surface area contributed by atoms with E-state index in [1.165, 1.54) is 0 Å². The van der Waals surface area contributed by atoms with Crippen LogP contribution >= 0.6 is 11.8 Å². The number of aliphatic hydroxyl groups is 1. The SMILES string of the molecule is C=CCN(Cn1nnc2ccccc21)C(=O)C1N([C@@H](CO)Cc2ccccc2)C(=O)[C@@H]2[C@H](C(=O)N(CC=C)c3ccccc3)[C@]3(C)CCC12S3. The lowest BCUT2D eigenvalue weighted by Gasteiger charge is -2.39. The van der Waals surface area contributed by atoms with Gasteiger partial charge in [0.15, 0.2) is 0 Å². The van der Waals surface area contributed by atoms with Crippen LogP contribution in [0.2, 0.25) is 0 Å². The average Bonchev–Trinajstić information content (AvgIpc) is 3.85. The number of hydrogen-bond donors (Lipinski definition) is 1. The molecule has 7 rings (SSSR count). The Hall–Kier alpha value is -4.74. The van der Waals surface area contributed by atoms with Crippen molar-refractivity contribution in [1.29, 1.82) is 0 Å². The van der Waals surface area contributed by atoms with Crippen molar-refractivity contribution < 1.29 is 19.5 Å². The van der Waals surface area contributed by atoms with E-state index in [1.54, 1.807) is 43.3 Å². The van der Waals surface area contributed by atoms with E-state index >= 15 is 9.59 Å². The van der Waals surface area contributed by atoms with Gasteiger partial charge in [-0.25, -0.2) is 4.68 Å². The molecule has 1 N–H and O–H groups in total. The van der Waals surface area contributed by atoms with Gasteiger partial charge in [-0.15, -0.1) is 30.0 Å². The van der Waals surface area contributed by atoms with E-state index in [-0.39, 0.29) is 44.1 Å². The number of nitrogens with zero attached hydrogens (tertiary/aromatic N) is 6. The minimum atomic E-state index is -0.926. The first kappa shape index (κ1) is 33.7. The third-order valence-electron chi connectivity index (χ3n) is 10.7. The van der Waals surface area contributed by atoms with E-state index in [2.05, 4.69) is 30.4 Å². The molecule has 3 fully saturated rings. The second-order valence-electron chi connectivity index (χ2n) is 13.6. The number of likely N-dealkylation sites (tertiary alicyclic amines) is 1. The number of aromatic nitrogens is 3. The molecule has 0 radical (unpaired) electrons. The Morgan fingerprint density at radius 3 is 2.36 bits per heavy atom. The molecule has 3 amide bonds. The van der Waals surface area contributed by atoms with Gasteiger partial charge in [-0.1, -0.05) is 78.0 Å². The van der Waals surface area contributed by atoms with Crippen LogP contribution in [0.4, 0.5) is 5.69 Å². The van der Waals surface area contributed by atoms with E-state index in [0.29, 0.717) is 24.8 Å². The van der Waals surface area contributed by atoms with Gasteiger partial charge >= 0.3 is 0 Å². The van der Waals surface area contributed by atoms with E-state index in [4.69, 9.17) is 0 Å². The van der Waals surface area contributed by atoms with Crippen molar-refractivity contribution in [3.05, 3.63) is 116 Å². The maximum absolute atomic E-state index is 15.2. The fraction of sp³-hybridized carbons (Fsp3) is 0.359. The second kappa shape index (κ2) is 13.5. The zero-order valence-corrected chi connectivity index (χ0v) is 29.0. The summed E-state index contributed by atoms with van der Waals surface area (Å²) < 4.78 is 0.226. The summed E-state index contributed by atoms with van der Waals surface area (Å²) in [6.45, 7) is 10.2. The summed E-state index contributed by atoms with van der Waals surface area (Å²) in [6, 6.07) is 25.1. The van der Waals surface area contributed by atoms with E-state index in [9.17, 15) is 9.90 Å². The molecule has 3 saturated heterocycles. The van der Waals surface area contributed by atoms with Crippen molar-refractivity contribution >= 4 is 46.2 Å². The molecule has 2 unspecified atom stereocenters. The van der Waals surface area contributed by atoms with Crippen molar-refractivity contribution in [1.82, 2.24) is 24.8 Å². The van der Waals surface area contributed by atoms with Gasteiger partial charge in [0, 0.05) is 23.5 Å². The van der Waals surface area contributed by atoms with Crippen molar-refractivity contribution in [2.75, 3.05) is 24.6 Å². The number of carbonyl (C=O) groups is 3. The summed E-state index contributed by atoms with van der Waals surface area (Å²) >= 11 is 1.62. The molecule has 50 heavy (non-hydrogen) atoms. The number of hydrogen-bond acceptors (Lipinski definition) is 7. The summed E-state index contributed by atoms with van der Waals surface area (Å²) in [7, 11) is 0. The quantitative estimate of drug-likeness (QED) is 0.203. The highest BCUT2D eigenvalue weighted by atomic mass is 32.2. The highest BCUT2D eigenvalue weighted by molar-refractivity contribution is 8.02. The normalized spacial score (nSPS) is 25.8. The number of carbonyl (C=O) groups excluding carboxylic acids is 3. The van der Waals surface area contributed by atoms with Crippen molar-refractivity contribution in [3.63, 3.8) is 0 Å². The van der Waals surface area contributed by atoms with Gasteiger partial charge in [0.05, 0.1) is 34.7 Å². The van der Waals surface area contributed by atoms with Crippen molar-refractivity contribution in [2.24, 2.45) is 11.8 Å². The Morgan fingerprint density at radius 2 is 1.66 bits per heavy atom. The van der Waals surface area contributed by atoms with Crippen molar-refractivity contribution in [3.8, 4) is 0 Å². The van der Waals surface area contributed by atoms with Crippen LogP contribution in [0.1, 0.15) is 25.3 Å². The molecule has 11 heteroatoms. The van der Waals surface area contributed by atoms with Crippen LogP contribution in [0.25, 0.3) is 11.0 Å². The first-order valence-electron chi connectivity index (χ1n) is 17.1. The van der Waals surface area contributed by atoms with Gasteiger partial charge < -0.3 is 19.8 Å². The molecule has 4 heterocycles. The predicted octanol–water partition coefficient (Wildman–Crippen LogP) is 4.71. The molecule has 3 aromatic carbocycles. The smallest absolute Gasteiger partial charge is 0.248 e. The number of benzene rings is 3. The number of fused-ring (bicyclic) bond motifs is 2. The molecule has 4 aromatic rings. The van der Waals surface area contributed by atoms with Crippen molar-refractivity contribution in [2.45, 2.75) is 54.4 Å². The Morgan fingerprint density at radius 1 is 0.980 bits per heavy atom. The second-order valence-corrected chi connectivity index (χ2v) is 15.5. The summed E-state index contributed by atoms with van der Waals surface area (Å²) in [6.07, 6.45) is 4.98. The van der Waals surface area contributed by atoms with E-state index in [0.717, 1.165) is 16.8 Å². The van der Waals surface area contributed by atoms with Crippen LogP contribution in [0, 0.1) is 11.8 Å². The molecular weight excluding hydrogens is 649 g/mol. The number of thioether (sulfide) groups is 1. The lowest BCUT2D eigenvalue weighted by Crippen LogP contribution is -2.58. The average molecular weight is 691 g/mol. The highest BCUT2D eigenvalue weighted by Crippen LogP contribution is 2.72. The first-order chi connectivity index (χ1) is 24.3. The standard InChI is InChI=1S/C39H42N6O4S/c1-4-22-42(26-44-31-19-13-12-18-30(31)40-41-44)37(49)34-39-21-20-38(3,50-39)32(35(47)43(23-5-2)28-16-10-7-11-17-28)33(39)36(48)45(34)29(25-46)24-27-14-8-6-9-15-27/h4-19,29,32-34,46H,1-2,20-26H2,3H3/t29-,32-,33+,34?,38+,39?/m1/s1. The molecule has 10 nitrogen and oxygen atoms in total. The largest absolute Gasteiger partial charge is 0.394 e. The summed E-state index contributed by atoms with van der Waals surface area (Å²) in [5, 5.41) is 19.6. The minimum Gasteiger partial charge on any atom is -0.394 e. The lowest BCUT2D eigenvalue weighted by atomic mass is 9.66. The molecule has 3 aliphatic rings. The summed E-state index contributed by atoms with van der Waals surface area (Å²) in [5.41, 5.74) is 3.15. The van der Waals surface area contributed by atoms with Crippen LogP contribution in [-0.2, 0) is 27.5 Å². The number of para-hydroxylation sites is 2. The molecular formula is C39H42N6O4S. The van der Waals surface area contributed by atoms with Crippen LogP contribution < -0.4 is 4.90 Å². The summed E-state index contributed by atoms with van der Waals surface area (Å²) in [5.74, 6) is -2.12. The van der Waals surface area contributed by atoms with Crippen LogP contribution in [0.3, 0.4) is 0 Å². The molecule has 258 valence electrons. The lowest BCUT2D eigenvalue weighted by molar-refractivity contribution is -0.146. The topological polar surface area (TPSA) is 112 Å². The molecule has 3 aliphatic heterocycles. The molecule has 6 atom stereocenters. The molecule has 1 spiro atoms. The Labute approximate surface area is 296 Å². The van der Waals surface area contributed by atoms with Gasteiger partial charge in [-0.3, -0.25) is 14.4 Å². The van der Waals surface area contributed by atoms with E-state index < -0.39 is 33.4 Å². The Kier molecular flexibility index (Phi) is 9.13. The maximum atomic E-state index is 15.2. The summed E-state index contributed by atoms with van der Waals surface area (Å²) in [4.78, 5) is 50.1. The van der Waals surface area contributed by atoms with Gasteiger partial charge in [0.25, 0.3) is 0 Å². The number of amides is 3. The molecule has 0 saturated carbocycles. The molecule has 1 aromatic heterocycles. The van der Waals surface area contributed by atoms with Gasteiger partial charge in [0.2, 0.25) is 17.7 Å².